The molecule has 6 heteroatoms. The second-order valence-corrected chi connectivity index (χ2v) is 7.26. The van der Waals surface area contributed by atoms with E-state index in [4.69, 9.17) is 4.52 Å². The molecule has 0 radical (unpaired) electrons. The summed E-state index contributed by atoms with van der Waals surface area (Å²) in [4.78, 5) is 19.7. The Hall–Kier alpha value is -4.50. The van der Waals surface area contributed by atoms with Gasteiger partial charge in [-0.2, -0.15) is 5.26 Å². The molecule has 0 saturated heterocycles. The van der Waals surface area contributed by atoms with Gasteiger partial charge in [-0.05, 0) is 48.4 Å². The molecule has 0 fully saturated rings. The van der Waals surface area contributed by atoms with Crippen LogP contribution < -0.4 is 5.56 Å². The average molecular weight is 404 g/mol. The molecule has 0 aliphatic heterocycles. The molecule has 6 nitrogen and oxygen atoms in total. The predicted molar refractivity (Wildman–Crippen MR) is 120 cm³/mol. The first-order chi connectivity index (χ1) is 15.1. The highest BCUT2D eigenvalue weighted by Gasteiger charge is 2.12. The van der Waals surface area contributed by atoms with Gasteiger partial charge in [0.1, 0.15) is 11.6 Å². The fourth-order valence-electron chi connectivity index (χ4n) is 3.54. The lowest BCUT2D eigenvalue weighted by atomic mass is 10.0. The molecule has 0 aliphatic carbocycles. The zero-order valence-electron chi connectivity index (χ0n) is 16.6. The molecule has 0 atom stereocenters. The second kappa shape index (κ2) is 7.39. The molecule has 2 aromatic heterocycles. The van der Waals surface area contributed by atoms with Gasteiger partial charge in [-0.25, -0.2) is 4.98 Å². The van der Waals surface area contributed by atoms with Crippen molar-refractivity contribution in [2.24, 2.45) is 0 Å². The molecule has 0 spiro atoms. The van der Waals surface area contributed by atoms with Gasteiger partial charge in [0.2, 0.25) is 0 Å². The molecule has 148 valence electrons. The van der Waals surface area contributed by atoms with Crippen molar-refractivity contribution in [3.8, 4) is 17.4 Å². The zero-order valence-corrected chi connectivity index (χ0v) is 16.6. The number of nitriles is 1. The number of hydrogen-bond acceptors (Lipinski definition) is 5. The Kier molecular flexibility index (Phi) is 4.42. The summed E-state index contributed by atoms with van der Waals surface area (Å²) >= 11 is 0. The Labute approximate surface area is 177 Å². The highest BCUT2D eigenvalue weighted by atomic mass is 16.5. The number of allylic oxidation sites excluding steroid dienone is 1. The van der Waals surface area contributed by atoms with Gasteiger partial charge in [0.25, 0.3) is 5.56 Å². The van der Waals surface area contributed by atoms with Gasteiger partial charge in [-0.1, -0.05) is 47.6 Å². The molecule has 0 aliphatic rings. The van der Waals surface area contributed by atoms with Crippen LogP contribution in [-0.2, 0) is 0 Å². The summed E-state index contributed by atoms with van der Waals surface area (Å²) in [6, 6.07) is 22.9. The minimum atomic E-state index is -0.276. The van der Waals surface area contributed by atoms with E-state index in [1.54, 1.807) is 12.1 Å². The lowest BCUT2D eigenvalue weighted by Gasteiger charge is -2.03. The Morgan fingerprint density at radius 1 is 1.03 bits per heavy atom. The maximum atomic E-state index is 12.5. The molecule has 3 aromatic carbocycles. The van der Waals surface area contributed by atoms with Crippen molar-refractivity contribution in [3.05, 3.63) is 94.0 Å². The van der Waals surface area contributed by atoms with Crippen molar-refractivity contribution in [3.63, 3.8) is 0 Å². The number of benzene rings is 3. The quantitative estimate of drug-likeness (QED) is 0.422. The van der Waals surface area contributed by atoms with Crippen LogP contribution in [0.25, 0.3) is 44.8 Å². The number of nitrogens with zero attached hydrogens (tertiary/aromatic N) is 3. The van der Waals surface area contributed by atoms with Gasteiger partial charge in [0.05, 0.1) is 21.9 Å². The molecule has 5 aromatic rings. The number of hydrogen-bond donors (Lipinski definition) is 1. The Bertz CT molecular complexity index is 1570. The van der Waals surface area contributed by atoms with Crippen molar-refractivity contribution in [1.82, 2.24) is 15.1 Å². The number of H-pyrrole nitrogens is 1. The van der Waals surface area contributed by atoms with Crippen LogP contribution in [0.4, 0.5) is 0 Å². The number of fused-ring (bicyclic) bond motifs is 2. The summed E-state index contributed by atoms with van der Waals surface area (Å²) in [6.45, 7) is 1.93. The van der Waals surface area contributed by atoms with E-state index in [2.05, 4.69) is 21.2 Å². The number of aromatic amines is 1. The number of aryl methyl sites for hydroxylation is 1. The molecule has 0 unspecified atom stereocenters. The van der Waals surface area contributed by atoms with Gasteiger partial charge in [0.15, 0.2) is 11.6 Å². The van der Waals surface area contributed by atoms with E-state index >= 15 is 0 Å². The third-order valence-corrected chi connectivity index (χ3v) is 5.09. The SMILES string of the molecule is Cc1ccc2c(=O)[nH]c(C(C#N)=Cc3ccc4noc(-c5ccccc5)c4c3)nc2c1. The summed E-state index contributed by atoms with van der Waals surface area (Å²) in [5.41, 5.74) is 3.95. The van der Waals surface area contributed by atoms with Crippen molar-refractivity contribution in [1.29, 1.82) is 5.26 Å². The molecule has 0 saturated carbocycles. The summed E-state index contributed by atoms with van der Waals surface area (Å²) in [5, 5.41) is 15.2. The minimum absolute atomic E-state index is 0.235. The monoisotopic (exact) mass is 404 g/mol. The van der Waals surface area contributed by atoms with E-state index in [-0.39, 0.29) is 17.0 Å². The van der Waals surface area contributed by atoms with Crippen LogP contribution in [0.5, 0.6) is 0 Å². The van der Waals surface area contributed by atoms with Crippen LogP contribution in [0.2, 0.25) is 0 Å². The fraction of sp³-hybridized carbons (Fsp3) is 0.0400. The first-order valence-electron chi connectivity index (χ1n) is 9.70. The third-order valence-electron chi connectivity index (χ3n) is 5.09. The number of aromatic nitrogens is 3. The second-order valence-electron chi connectivity index (χ2n) is 7.26. The molecule has 31 heavy (non-hydrogen) atoms. The third kappa shape index (κ3) is 3.38. The minimum Gasteiger partial charge on any atom is -0.355 e. The number of nitrogens with one attached hydrogen (secondary N) is 1. The summed E-state index contributed by atoms with van der Waals surface area (Å²) in [5.74, 6) is 0.899. The van der Waals surface area contributed by atoms with Crippen molar-refractivity contribution in [2.45, 2.75) is 6.92 Å². The maximum absolute atomic E-state index is 12.5. The first-order valence-corrected chi connectivity index (χ1v) is 9.70. The van der Waals surface area contributed by atoms with Gasteiger partial charge < -0.3 is 9.51 Å². The van der Waals surface area contributed by atoms with Crippen LogP contribution in [0.3, 0.4) is 0 Å². The van der Waals surface area contributed by atoms with Crippen LogP contribution in [0.15, 0.2) is 76.0 Å². The van der Waals surface area contributed by atoms with Gasteiger partial charge >= 0.3 is 0 Å². The molecular weight excluding hydrogens is 388 g/mol. The first kappa shape index (κ1) is 18.5. The Balaban J connectivity index is 1.63. The predicted octanol–water partition coefficient (Wildman–Crippen LogP) is 5.10. The van der Waals surface area contributed by atoms with Gasteiger partial charge in [-0.15, -0.1) is 0 Å². The largest absolute Gasteiger partial charge is 0.355 e. The van der Waals surface area contributed by atoms with Crippen molar-refractivity contribution in [2.75, 3.05) is 0 Å². The lowest BCUT2D eigenvalue weighted by Crippen LogP contribution is -2.11. The molecule has 0 bridgehead atoms. The van der Waals surface area contributed by atoms with Gasteiger partial charge in [0, 0.05) is 5.56 Å². The molecule has 0 amide bonds. The molecular formula is C25H16N4O2. The smallest absolute Gasteiger partial charge is 0.259 e. The lowest BCUT2D eigenvalue weighted by molar-refractivity contribution is 0.441. The van der Waals surface area contributed by atoms with E-state index in [9.17, 15) is 10.1 Å². The zero-order chi connectivity index (χ0) is 21.4. The normalized spacial score (nSPS) is 11.7. The van der Waals surface area contributed by atoms with Crippen molar-refractivity contribution < 1.29 is 4.52 Å². The molecule has 2 heterocycles. The average Bonchev–Trinajstić information content (AvgIpc) is 3.21. The van der Waals surface area contributed by atoms with Crippen LogP contribution in [0.1, 0.15) is 17.0 Å². The molecule has 5 rings (SSSR count). The standard InChI is InChI=1S/C25H16N4O2/c1-15-7-9-19-22(11-15)27-24(28-25(19)30)18(14-26)12-16-8-10-21-20(13-16)23(31-29-21)17-5-3-2-4-6-17/h2-13H,1H3,(H,27,28,30). The van der Waals surface area contributed by atoms with E-state index in [1.165, 1.54) is 0 Å². The summed E-state index contributed by atoms with van der Waals surface area (Å²) in [6.07, 6.45) is 1.70. The van der Waals surface area contributed by atoms with Crippen molar-refractivity contribution >= 4 is 33.5 Å². The fourth-order valence-corrected chi connectivity index (χ4v) is 3.54. The Morgan fingerprint density at radius 2 is 1.87 bits per heavy atom. The summed E-state index contributed by atoms with van der Waals surface area (Å²) in [7, 11) is 0. The highest BCUT2D eigenvalue weighted by Crippen LogP contribution is 2.30. The van der Waals surface area contributed by atoms with E-state index in [1.807, 2.05) is 67.6 Å². The highest BCUT2D eigenvalue weighted by molar-refractivity contribution is 5.95. The van der Waals surface area contributed by atoms with E-state index in [0.717, 1.165) is 27.6 Å². The maximum Gasteiger partial charge on any atom is 0.259 e. The van der Waals surface area contributed by atoms with Crippen LogP contribution >= 0.6 is 0 Å². The number of rotatable bonds is 3. The molecule has 1 N–H and O–H groups in total. The summed E-state index contributed by atoms with van der Waals surface area (Å²) < 4.78 is 5.55. The van der Waals surface area contributed by atoms with Crippen LogP contribution in [-0.4, -0.2) is 15.1 Å². The van der Waals surface area contributed by atoms with E-state index < -0.39 is 0 Å². The van der Waals surface area contributed by atoms with Crippen LogP contribution in [0, 0.1) is 18.3 Å². The van der Waals surface area contributed by atoms with Gasteiger partial charge in [-0.3, -0.25) is 4.79 Å². The van der Waals surface area contributed by atoms with E-state index in [0.29, 0.717) is 16.7 Å². The Morgan fingerprint density at radius 3 is 2.68 bits per heavy atom. The topological polar surface area (TPSA) is 95.6 Å².